The van der Waals surface area contributed by atoms with Crippen LogP contribution in [0.15, 0.2) is 58.4 Å². The summed E-state index contributed by atoms with van der Waals surface area (Å²) in [5.74, 6) is 0. The Balaban J connectivity index is 2.60. The molecule has 0 aliphatic heterocycles. The summed E-state index contributed by atoms with van der Waals surface area (Å²) >= 11 is 0. The Morgan fingerprint density at radius 1 is 1.16 bits per heavy atom. The highest BCUT2D eigenvalue weighted by atomic mass is 16.2. The summed E-state index contributed by atoms with van der Waals surface area (Å²) in [4.78, 5) is 24.1. The molecule has 0 spiro atoms. The van der Waals surface area contributed by atoms with Crippen LogP contribution in [-0.4, -0.2) is 9.13 Å². The van der Waals surface area contributed by atoms with E-state index in [0.717, 1.165) is 16.8 Å². The van der Waals surface area contributed by atoms with Gasteiger partial charge in [0.2, 0.25) is 0 Å². The van der Waals surface area contributed by atoms with Crippen LogP contribution in [0.3, 0.4) is 0 Å². The average Bonchev–Trinajstić information content (AvgIpc) is 2.36. The van der Waals surface area contributed by atoms with Crippen LogP contribution in [0.4, 0.5) is 0 Å². The van der Waals surface area contributed by atoms with Gasteiger partial charge in [0.1, 0.15) is 0 Å². The van der Waals surface area contributed by atoms with Crippen molar-refractivity contribution in [2.75, 3.05) is 0 Å². The molecule has 98 valence electrons. The fourth-order valence-corrected chi connectivity index (χ4v) is 1.95. The first kappa shape index (κ1) is 13.1. The zero-order valence-electron chi connectivity index (χ0n) is 11.1. The number of hydrogen-bond acceptors (Lipinski definition) is 2. The molecule has 0 atom stereocenters. The molecule has 0 saturated heterocycles. The van der Waals surface area contributed by atoms with Crippen LogP contribution in [0.5, 0.6) is 0 Å². The van der Waals surface area contributed by atoms with Crippen molar-refractivity contribution in [3.8, 4) is 5.69 Å². The maximum Gasteiger partial charge on any atom is 0.320 e. The second kappa shape index (κ2) is 5.10. The number of hydrogen-bond donors (Lipinski definition) is 0. The van der Waals surface area contributed by atoms with Gasteiger partial charge < -0.3 is 4.57 Å². The van der Waals surface area contributed by atoms with Crippen molar-refractivity contribution in [1.82, 2.24) is 9.13 Å². The van der Waals surface area contributed by atoms with Crippen molar-refractivity contribution in [3.05, 3.63) is 75.1 Å². The lowest BCUT2D eigenvalue weighted by Crippen LogP contribution is -2.40. The van der Waals surface area contributed by atoms with Crippen molar-refractivity contribution in [2.24, 2.45) is 0 Å². The zero-order chi connectivity index (χ0) is 14.0. The maximum absolute atomic E-state index is 12.1. The number of para-hydroxylation sites is 1. The normalized spacial score (nSPS) is 10.4. The van der Waals surface area contributed by atoms with Crippen LogP contribution in [0.25, 0.3) is 5.69 Å². The Labute approximate surface area is 111 Å². The Hall–Kier alpha value is -2.36. The second-order valence-corrected chi connectivity index (χ2v) is 4.65. The molecule has 4 nitrogen and oxygen atoms in total. The maximum atomic E-state index is 12.1. The van der Waals surface area contributed by atoms with E-state index in [9.17, 15) is 9.59 Å². The van der Waals surface area contributed by atoms with Crippen molar-refractivity contribution in [1.29, 1.82) is 0 Å². The molecule has 2 rings (SSSR count). The van der Waals surface area contributed by atoms with Crippen LogP contribution in [0.1, 0.15) is 12.5 Å². The Morgan fingerprint density at radius 2 is 1.84 bits per heavy atom. The van der Waals surface area contributed by atoms with Crippen molar-refractivity contribution in [3.63, 3.8) is 0 Å². The van der Waals surface area contributed by atoms with Gasteiger partial charge in [-0.15, -0.1) is 0 Å². The van der Waals surface area contributed by atoms with Gasteiger partial charge in [-0.05, 0) is 25.5 Å². The molecular weight excluding hydrogens is 240 g/mol. The summed E-state index contributed by atoms with van der Waals surface area (Å²) in [5.41, 5.74) is 1.43. The predicted molar refractivity (Wildman–Crippen MR) is 75.9 cm³/mol. The summed E-state index contributed by atoms with van der Waals surface area (Å²) in [6.45, 7) is 7.83. The van der Waals surface area contributed by atoms with E-state index in [1.807, 2.05) is 38.1 Å². The van der Waals surface area contributed by atoms with Gasteiger partial charge in [0.15, 0.2) is 0 Å². The molecule has 19 heavy (non-hydrogen) atoms. The van der Waals surface area contributed by atoms with Crippen LogP contribution < -0.4 is 11.1 Å². The minimum atomic E-state index is -0.543. The van der Waals surface area contributed by atoms with Gasteiger partial charge in [0.05, 0.1) is 5.69 Å². The third-order valence-electron chi connectivity index (χ3n) is 2.87. The van der Waals surface area contributed by atoms with Crippen LogP contribution in [0.2, 0.25) is 0 Å². The van der Waals surface area contributed by atoms with Crippen LogP contribution in [0, 0.1) is 6.92 Å². The number of allylic oxidation sites excluding steroid dienone is 1. The van der Waals surface area contributed by atoms with Gasteiger partial charge in [-0.2, -0.15) is 0 Å². The molecule has 0 aliphatic carbocycles. The van der Waals surface area contributed by atoms with Crippen molar-refractivity contribution in [2.45, 2.75) is 20.4 Å². The van der Waals surface area contributed by atoms with E-state index in [0.29, 0.717) is 6.54 Å². The summed E-state index contributed by atoms with van der Waals surface area (Å²) in [7, 11) is 0. The van der Waals surface area contributed by atoms with Gasteiger partial charge in [0.25, 0.3) is 0 Å². The highest BCUT2D eigenvalue weighted by Crippen LogP contribution is 2.09. The highest BCUT2D eigenvalue weighted by Gasteiger charge is 2.08. The van der Waals surface area contributed by atoms with Crippen molar-refractivity contribution < 1.29 is 0 Å². The number of aryl methyl sites for hydroxylation is 1. The van der Waals surface area contributed by atoms with Gasteiger partial charge >= 0.3 is 11.1 Å². The Kier molecular flexibility index (Phi) is 3.51. The molecule has 0 bridgehead atoms. The van der Waals surface area contributed by atoms with Gasteiger partial charge in [-0.3, -0.25) is 14.2 Å². The minimum absolute atomic E-state index is 0.364. The van der Waals surface area contributed by atoms with E-state index < -0.39 is 11.1 Å². The standard InChI is InChI=1S/C15H16N2O2/c1-11(2)10-16-8-9-17(15(19)14(16)18)13-7-5-4-6-12(13)3/h4-9H,1,10H2,2-3H3. The molecule has 0 radical (unpaired) electrons. The van der Waals surface area contributed by atoms with Crippen LogP contribution in [-0.2, 0) is 6.54 Å². The van der Waals surface area contributed by atoms with E-state index in [1.54, 1.807) is 12.4 Å². The molecule has 0 unspecified atom stereocenters. The third kappa shape index (κ3) is 2.57. The SMILES string of the molecule is C=C(C)Cn1ccn(-c2ccccc2C)c(=O)c1=O. The molecule has 4 heteroatoms. The molecule has 1 aromatic heterocycles. The molecule has 0 saturated carbocycles. The third-order valence-corrected chi connectivity index (χ3v) is 2.87. The number of rotatable bonds is 3. The largest absolute Gasteiger partial charge is 0.320 e. The molecule has 1 heterocycles. The fraction of sp³-hybridized carbons (Fsp3) is 0.200. The first-order chi connectivity index (χ1) is 9.00. The van der Waals surface area contributed by atoms with E-state index in [4.69, 9.17) is 0 Å². The molecule has 2 aromatic rings. The number of nitrogens with zero attached hydrogens (tertiary/aromatic N) is 2. The molecule has 0 fully saturated rings. The van der Waals surface area contributed by atoms with Crippen molar-refractivity contribution >= 4 is 0 Å². The Bertz CT molecular complexity index is 738. The van der Waals surface area contributed by atoms with Crippen LogP contribution >= 0.6 is 0 Å². The number of aromatic nitrogens is 2. The monoisotopic (exact) mass is 256 g/mol. The molecule has 0 aliphatic rings. The van der Waals surface area contributed by atoms with Gasteiger partial charge in [-0.1, -0.05) is 30.4 Å². The predicted octanol–water partition coefficient (Wildman–Crippen LogP) is 1.88. The smallest absolute Gasteiger partial charge is 0.305 e. The highest BCUT2D eigenvalue weighted by molar-refractivity contribution is 5.39. The summed E-state index contributed by atoms with van der Waals surface area (Å²) in [6.07, 6.45) is 3.24. The first-order valence-electron chi connectivity index (χ1n) is 6.03. The minimum Gasteiger partial charge on any atom is -0.305 e. The van der Waals surface area contributed by atoms with E-state index in [2.05, 4.69) is 6.58 Å². The van der Waals surface area contributed by atoms with E-state index in [-0.39, 0.29) is 0 Å². The quantitative estimate of drug-likeness (QED) is 0.621. The summed E-state index contributed by atoms with van der Waals surface area (Å²) in [5, 5.41) is 0. The van der Waals surface area contributed by atoms with E-state index >= 15 is 0 Å². The average molecular weight is 256 g/mol. The van der Waals surface area contributed by atoms with Gasteiger partial charge in [0, 0.05) is 18.9 Å². The fourth-order valence-electron chi connectivity index (χ4n) is 1.95. The lowest BCUT2D eigenvalue weighted by atomic mass is 10.2. The topological polar surface area (TPSA) is 44.0 Å². The molecule has 0 N–H and O–H groups in total. The molecule has 0 amide bonds. The van der Waals surface area contributed by atoms with E-state index in [1.165, 1.54) is 9.13 Å². The second-order valence-electron chi connectivity index (χ2n) is 4.65. The summed E-state index contributed by atoms with van der Waals surface area (Å²) < 4.78 is 2.76. The number of benzene rings is 1. The lowest BCUT2D eigenvalue weighted by Gasteiger charge is -2.10. The first-order valence-corrected chi connectivity index (χ1v) is 6.03. The van der Waals surface area contributed by atoms with Gasteiger partial charge in [-0.25, -0.2) is 0 Å². The molecule has 1 aromatic carbocycles. The molecular formula is C15H16N2O2. The lowest BCUT2D eigenvalue weighted by molar-refractivity contribution is 0.710. The zero-order valence-corrected chi connectivity index (χ0v) is 11.1. The summed E-state index contributed by atoms with van der Waals surface area (Å²) in [6, 6.07) is 7.46. The Morgan fingerprint density at radius 3 is 2.47 bits per heavy atom.